The van der Waals surface area contributed by atoms with Crippen molar-refractivity contribution in [1.29, 1.82) is 0 Å². The number of carbonyl (C=O) groups is 2. The Morgan fingerprint density at radius 3 is 2.68 bits per heavy atom. The molecule has 0 bridgehead atoms. The van der Waals surface area contributed by atoms with Gasteiger partial charge in [0.2, 0.25) is 0 Å². The number of anilines is 1. The van der Waals surface area contributed by atoms with E-state index in [1.54, 1.807) is 26.0 Å². The highest BCUT2D eigenvalue weighted by molar-refractivity contribution is 5.95. The van der Waals surface area contributed by atoms with Crippen molar-refractivity contribution in [3.63, 3.8) is 0 Å². The highest BCUT2D eigenvalue weighted by atomic mass is 19.1. The Morgan fingerprint density at radius 1 is 1.29 bits per heavy atom. The minimum absolute atomic E-state index is 0.101. The maximum atomic E-state index is 14.8. The quantitative estimate of drug-likeness (QED) is 0.348. The second kappa shape index (κ2) is 10.2. The van der Waals surface area contributed by atoms with Crippen molar-refractivity contribution >= 4 is 28.5 Å². The van der Waals surface area contributed by atoms with Crippen molar-refractivity contribution in [3.05, 3.63) is 69.0 Å². The number of nitrogens with one attached hydrogen (secondary N) is 2. The maximum absolute atomic E-state index is 14.8. The number of carboxylic acids is 1. The molecule has 176 valence electrons. The van der Waals surface area contributed by atoms with Gasteiger partial charge in [-0.3, -0.25) is 19.3 Å². The third-order valence-electron chi connectivity index (χ3n) is 5.44. The molecule has 0 spiro atoms. The van der Waals surface area contributed by atoms with Crippen LogP contribution in [0.3, 0.4) is 0 Å². The zero-order chi connectivity index (χ0) is 25.0. The summed E-state index contributed by atoms with van der Waals surface area (Å²) < 4.78 is 14.8. The first-order valence-electron chi connectivity index (χ1n) is 10.6. The van der Waals surface area contributed by atoms with E-state index in [-0.39, 0.29) is 30.5 Å². The Hall–Kier alpha value is -4.19. The molecule has 1 atom stereocenters. The van der Waals surface area contributed by atoms with Gasteiger partial charge in [-0.15, -0.1) is 0 Å². The number of carboxylic acid groups (broad SMARTS) is 1. The van der Waals surface area contributed by atoms with Crippen LogP contribution in [0.5, 0.6) is 0 Å². The number of benzene rings is 2. The Balaban J connectivity index is 1.81. The van der Waals surface area contributed by atoms with Crippen LogP contribution in [0.4, 0.5) is 10.1 Å². The maximum Gasteiger partial charge on any atom is 0.303 e. The monoisotopic (exact) mass is 464 g/mol. The second-order valence-corrected chi connectivity index (χ2v) is 8.13. The van der Waals surface area contributed by atoms with Gasteiger partial charge < -0.3 is 15.4 Å². The minimum atomic E-state index is -0.969. The lowest BCUT2D eigenvalue weighted by Gasteiger charge is -2.20. The number of hydrogen-bond acceptors (Lipinski definition) is 5. The topological polar surface area (TPSA) is 115 Å². The number of rotatable bonds is 8. The number of terminal acetylenes is 1. The molecule has 0 aliphatic heterocycles. The molecule has 0 unspecified atom stereocenters. The van der Waals surface area contributed by atoms with Crippen molar-refractivity contribution in [2.24, 2.45) is 0 Å². The predicted octanol–water partition coefficient (Wildman–Crippen LogP) is 3.26. The average Bonchev–Trinajstić information content (AvgIpc) is 2.76. The lowest BCUT2D eigenvalue weighted by Crippen LogP contribution is -2.33. The zero-order valence-corrected chi connectivity index (χ0v) is 19.1. The standard InChI is InChI=1S/C25H25FN4O4/c1-5-30(13-17-11-20-22(10-14(17)2)28-16(4)29-25(20)34)18-7-8-19(21(26)12-18)24(33)27-15(3)6-9-23(31)32/h1,7-8,10-12,15H,6,9,13H2,2-4H3,(H,27,33)(H,31,32)(H,28,29,34)/t15-/m1/s1. The van der Waals surface area contributed by atoms with Gasteiger partial charge >= 0.3 is 5.97 Å². The number of carbonyl (C=O) groups excluding carboxylic acids is 1. The molecule has 3 rings (SSSR count). The average molecular weight is 464 g/mol. The molecule has 2 aromatic carbocycles. The number of fused-ring (bicyclic) bond motifs is 1. The Morgan fingerprint density at radius 2 is 2.03 bits per heavy atom. The number of aromatic amines is 1. The van der Waals surface area contributed by atoms with Crippen LogP contribution in [0, 0.1) is 32.1 Å². The predicted molar refractivity (Wildman–Crippen MR) is 127 cm³/mol. The lowest BCUT2D eigenvalue weighted by atomic mass is 10.0. The van der Waals surface area contributed by atoms with Crippen LogP contribution in [0.25, 0.3) is 10.9 Å². The molecular formula is C25H25FN4O4. The molecule has 1 aromatic heterocycles. The molecule has 1 heterocycles. The van der Waals surface area contributed by atoms with E-state index in [0.717, 1.165) is 11.1 Å². The smallest absolute Gasteiger partial charge is 0.303 e. The SMILES string of the molecule is C#CN(Cc1cc2c(=O)[nH]c(C)nc2cc1C)c1ccc(C(=O)N[C@H](C)CCC(=O)O)c(F)c1. The highest BCUT2D eigenvalue weighted by Crippen LogP contribution is 2.23. The molecule has 34 heavy (non-hydrogen) atoms. The molecule has 0 saturated heterocycles. The van der Waals surface area contributed by atoms with Crippen LogP contribution >= 0.6 is 0 Å². The van der Waals surface area contributed by atoms with Gasteiger partial charge in [-0.2, -0.15) is 0 Å². The number of aliphatic carboxylic acids is 1. The first-order valence-corrected chi connectivity index (χ1v) is 10.6. The van der Waals surface area contributed by atoms with E-state index in [0.29, 0.717) is 22.4 Å². The molecule has 0 saturated carbocycles. The third kappa shape index (κ3) is 5.59. The van der Waals surface area contributed by atoms with Crippen LogP contribution in [-0.2, 0) is 11.3 Å². The molecule has 1 amide bonds. The number of H-pyrrole nitrogens is 1. The summed E-state index contributed by atoms with van der Waals surface area (Å²) in [4.78, 5) is 43.9. The molecule has 3 aromatic rings. The number of amides is 1. The number of aryl methyl sites for hydroxylation is 2. The van der Waals surface area contributed by atoms with Gasteiger partial charge in [0.25, 0.3) is 11.5 Å². The second-order valence-electron chi connectivity index (χ2n) is 8.13. The van der Waals surface area contributed by atoms with Gasteiger partial charge in [0, 0.05) is 18.5 Å². The van der Waals surface area contributed by atoms with Crippen molar-refractivity contribution < 1.29 is 19.1 Å². The summed E-state index contributed by atoms with van der Waals surface area (Å²) in [5.74, 6) is -1.84. The largest absolute Gasteiger partial charge is 0.481 e. The highest BCUT2D eigenvalue weighted by Gasteiger charge is 2.17. The van der Waals surface area contributed by atoms with E-state index >= 15 is 0 Å². The molecule has 0 aliphatic carbocycles. The van der Waals surface area contributed by atoms with Crippen LogP contribution in [0.1, 0.15) is 47.1 Å². The fraction of sp³-hybridized carbons (Fsp3) is 0.280. The molecule has 0 fully saturated rings. The van der Waals surface area contributed by atoms with Crippen molar-refractivity contribution in [2.45, 2.75) is 46.2 Å². The Kier molecular flexibility index (Phi) is 7.31. The van der Waals surface area contributed by atoms with E-state index in [4.69, 9.17) is 11.5 Å². The number of aromatic nitrogens is 2. The van der Waals surface area contributed by atoms with Crippen molar-refractivity contribution in [1.82, 2.24) is 15.3 Å². The van der Waals surface area contributed by atoms with Gasteiger partial charge in [0.05, 0.1) is 28.7 Å². The van der Waals surface area contributed by atoms with Gasteiger partial charge in [0.1, 0.15) is 11.6 Å². The van der Waals surface area contributed by atoms with E-state index < -0.39 is 23.7 Å². The summed E-state index contributed by atoms with van der Waals surface area (Å²) in [5, 5.41) is 11.8. The molecule has 9 heteroatoms. The summed E-state index contributed by atoms with van der Waals surface area (Å²) in [6.45, 7) is 5.45. The normalized spacial score (nSPS) is 11.6. The fourth-order valence-electron chi connectivity index (χ4n) is 3.57. The van der Waals surface area contributed by atoms with E-state index in [1.165, 1.54) is 23.1 Å². The van der Waals surface area contributed by atoms with Crippen LogP contribution in [-0.4, -0.2) is 33.0 Å². The molecular weight excluding hydrogens is 439 g/mol. The van der Waals surface area contributed by atoms with Gasteiger partial charge in [-0.05, 0) is 68.7 Å². The summed E-state index contributed by atoms with van der Waals surface area (Å²) in [7, 11) is 0. The first-order chi connectivity index (χ1) is 16.1. The van der Waals surface area contributed by atoms with Crippen LogP contribution in [0.15, 0.2) is 35.1 Å². The number of nitrogens with zero attached hydrogens (tertiary/aromatic N) is 2. The van der Waals surface area contributed by atoms with E-state index in [9.17, 15) is 18.8 Å². The molecule has 0 aliphatic rings. The van der Waals surface area contributed by atoms with Crippen molar-refractivity contribution in [2.75, 3.05) is 4.90 Å². The van der Waals surface area contributed by atoms with Gasteiger partial charge in [-0.25, -0.2) is 9.37 Å². The summed E-state index contributed by atoms with van der Waals surface area (Å²) >= 11 is 0. The van der Waals surface area contributed by atoms with Gasteiger partial charge in [0.15, 0.2) is 0 Å². The zero-order valence-electron chi connectivity index (χ0n) is 19.1. The van der Waals surface area contributed by atoms with Gasteiger partial charge in [-0.1, -0.05) is 6.42 Å². The number of hydrogen-bond donors (Lipinski definition) is 3. The Bertz CT molecular complexity index is 1360. The summed E-state index contributed by atoms with van der Waals surface area (Å²) in [5.41, 5.74) is 2.17. The third-order valence-corrected chi connectivity index (χ3v) is 5.44. The summed E-state index contributed by atoms with van der Waals surface area (Å²) in [6.07, 6.45) is 5.81. The number of halogens is 1. The molecule has 0 radical (unpaired) electrons. The minimum Gasteiger partial charge on any atom is -0.481 e. The Labute approximate surface area is 195 Å². The lowest BCUT2D eigenvalue weighted by molar-refractivity contribution is -0.137. The molecule has 3 N–H and O–H groups in total. The summed E-state index contributed by atoms with van der Waals surface area (Å²) in [6, 6.07) is 9.65. The van der Waals surface area contributed by atoms with Crippen LogP contribution < -0.4 is 15.8 Å². The van der Waals surface area contributed by atoms with Crippen molar-refractivity contribution in [3.8, 4) is 12.5 Å². The fourth-order valence-corrected chi connectivity index (χ4v) is 3.57. The molecule has 8 nitrogen and oxygen atoms in total. The van der Waals surface area contributed by atoms with E-state index in [2.05, 4.69) is 21.3 Å². The first kappa shape index (κ1) is 24.5. The van der Waals surface area contributed by atoms with E-state index in [1.807, 2.05) is 6.92 Å². The van der Waals surface area contributed by atoms with Crippen LogP contribution in [0.2, 0.25) is 0 Å².